The van der Waals surface area contributed by atoms with E-state index in [1.807, 2.05) is 0 Å². The van der Waals surface area contributed by atoms with Crippen LogP contribution in [0, 0.1) is 11.3 Å². The maximum atomic E-state index is 5.78. The summed E-state index contributed by atoms with van der Waals surface area (Å²) in [7, 11) is 0. The summed E-state index contributed by atoms with van der Waals surface area (Å²) >= 11 is 0. The van der Waals surface area contributed by atoms with Crippen molar-refractivity contribution in [1.29, 1.82) is 0 Å². The Bertz CT molecular complexity index is 234. The van der Waals surface area contributed by atoms with E-state index < -0.39 is 0 Å². The van der Waals surface area contributed by atoms with Gasteiger partial charge in [0.1, 0.15) is 0 Å². The second-order valence-corrected chi connectivity index (χ2v) is 7.12. The van der Waals surface area contributed by atoms with Crippen molar-refractivity contribution in [2.24, 2.45) is 11.3 Å². The predicted molar refractivity (Wildman–Crippen MR) is 92.8 cm³/mol. The van der Waals surface area contributed by atoms with Gasteiger partial charge in [-0.25, -0.2) is 0 Å². The Balaban J connectivity index is 2.38. The standard InChI is InChI=1S/C19H39NO/c1-4-7-8-18-9-11-19(12-10-18,17-20-14-5-2)13-16-21-15-6-3/h18,20H,4-17H2,1-3H3. The van der Waals surface area contributed by atoms with Crippen LogP contribution in [0.25, 0.3) is 0 Å². The van der Waals surface area contributed by atoms with E-state index >= 15 is 0 Å². The Morgan fingerprint density at radius 2 is 1.76 bits per heavy atom. The third-order valence-corrected chi connectivity index (χ3v) is 5.18. The quantitative estimate of drug-likeness (QED) is 0.502. The van der Waals surface area contributed by atoms with E-state index in [9.17, 15) is 0 Å². The molecule has 0 bridgehead atoms. The summed E-state index contributed by atoms with van der Waals surface area (Å²) in [5, 5.41) is 3.69. The molecule has 0 spiro atoms. The van der Waals surface area contributed by atoms with Crippen LogP contribution in [-0.4, -0.2) is 26.3 Å². The fourth-order valence-electron chi connectivity index (χ4n) is 3.65. The van der Waals surface area contributed by atoms with Crippen LogP contribution < -0.4 is 5.32 Å². The van der Waals surface area contributed by atoms with Crippen LogP contribution in [0.4, 0.5) is 0 Å². The summed E-state index contributed by atoms with van der Waals surface area (Å²) in [6.45, 7) is 11.0. The van der Waals surface area contributed by atoms with Gasteiger partial charge < -0.3 is 10.1 Å². The van der Waals surface area contributed by atoms with Crippen molar-refractivity contribution in [1.82, 2.24) is 5.32 Å². The largest absolute Gasteiger partial charge is 0.381 e. The Morgan fingerprint density at radius 3 is 2.38 bits per heavy atom. The van der Waals surface area contributed by atoms with Gasteiger partial charge in [-0.15, -0.1) is 0 Å². The van der Waals surface area contributed by atoms with Gasteiger partial charge in [0.05, 0.1) is 0 Å². The molecule has 0 aromatic rings. The average molecular weight is 298 g/mol. The molecular weight excluding hydrogens is 258 g/mol. The molecule has 126 valence electrons. The Hall–Kier alpha value is -0.0800. The molecule has 0 aromatic heterocycles. The van der Waals surface area contributed by atoms with E-state index in [1.165, 1.54) is 64.3 Å². The first-order chi connectivity index (χ1) is 10.3. The van der Waals surface area contributed by atoms with E-state index in [-0.39, 0.29) is 0 Å². The third kappa shape index (κ3) is 7.65. The van der Waals surface area contributed by atoms with Gasteiger partial charge in [0.25, 0.3) is 0 Å². The van der Waals surface area contributed by atoms with Crippen molar-refractivity contribution in [3.8, 4) is 0 Å². The maximum absolute atomic E-state index is 5.78. The molecule has 0 radical (unpaired) electrons. The number of ether oxygens (including phenoxy) is 1. The molecule has 1 N–H and O–H groups in total. The minimum absolute atomic E-state index is 0.519. The lowest BCUT2D eigenvalue weighted by Crippen LogP contribution is -2.39. The minimum atomic E-state index is 0.519. The molecule has 1 aliphatic carbocycles. The second-order valence-electron chi connectivity index (χ2n) is 7.12. The van der Waals surface area contributed by atoms with Crippen molar-refractivity contribution in [2.45, 2.75) is 85.0 Å². The molecule has 2 heteroatoms. The summed E-state index contributed by atoms with van der Waals surface area (Å²) in [5.41, 5.74) is 0.519. The molecule has 21 heavy (non-hydrogen) atoms. The van der Waals surface area contributed by atoms with Crippen LogP contribution in [0.2, 0.25) is 0 Å². The summed E-state index contributed by atoms with van der Waals surface area (Å²) in [6.07, 6.45) is 13.6. The average Bonchev–Trinajstić information content (AvgIpc) is 2.51. The molecule has 1 fully saturated rings. The smallest absolute Gasteiger partial charge is 0.0471 e. The lowest BCUT2D eigenvalue weighted by molar-refractivity contribution is 0.0612. The molecule has 1 rings (SSSR count). The number of rotatable bonds is 12. The number of hydrogen-bond acceptors (Lipinski definition) is 2. The van der Waals surface area contributed by atoms with Gasteiger partial charge in [-0.1, -0.05) is 40.0 Å². The molecule has 1 saturated carbocycles. The topological polar surface area (TPSA) is 21.3 Å². The second kappa shape index (κ2) is 11.5. The van der Waals surface area contributed by atoms with Crippen molar-refractivity contribution < 1.29 is 4.74 Å². The zero-order chi connectivity index (χ0) is 15.4. The molecular formula is C19H39NO. The summed E-state index contributed by atoms with van der Waals surface area (Å²) in [6, 6.07) is 0. The normalized spacial score (nSPS) is 26.1. The highest BCUT2D eigenvalue weighted by atomic mass is 16.5. The van der Waals surface area contributed by atoms with Gasteiger partial charge >= 0.3 is 0 Å². The van der Waals surface area contributed by atoms with Gasteiger partial charge in [0.15, 0.2) is 0 Å². The van der Waals surface area contributed by atoms with Gasteiger partial charge in [-0.3, -0.25) is 0 Å². The number of hydrogen-bond donors (Lipinski definition) is 1. The first-order valence-corrected chi connectivity index (χ1v) is 9.54. The van der Waals surface area contributed by atoms with Crippen molar-refractivity contribution in [3.63, 3.8) is 0 Å². The van der Waals surface area contributed by atoms with Crippen LogP contribution in [0.3, 0.4) is 0 Å². The lowest BCUT2D eigenvalue weighted by atomic mass is 9.67. The van der Waals surface area contributed by atoms with Gasteiger partial charge in [0, 0.05) is 19.8 Å². The van der Waals surface area contributed by atoms with E-state index in [2.05, 4.69) is 26.1 Å². The first-order valence-electron chi connectivity index (χ1n) is 9.54. The fourth-order valence-corrected chi connectivity index (χ4v) is 3.65. The highest BCUT2D eigenvalue weighted by Crippen LogP contribution is 2.42. The number of nitrogens with one attached hydrogen (secondary N) is 1. The SMILES string of the molecule is CCCCC1CCC(CCOCCC)(CNCCC)CC1. The fraction of sp³-hybridized carbons (Fsp3) is 1.00. The maximum Gasteiger partial charge on any atom is 0.0471 e. The highest BCUT2D eigenvalue weighted by molar-refractivity contribution is 4.87. The molecule has 0 heterocycles. The van der Waals surface area contributed by atoms with Crippen molar-refractivity contribution >= 4 is 0 Å². The van der Waals surface area contributed by atoms with Crippen LogP contribution in [-0.2, 0) is 4.74 Å². The molecule has 0 saturated heterocycles. The molecule has 0 amide bonds. The van der Waals surface area contributed by atoms with Gasteiger partial charge in [-0.05, 0) is 62.8 Å². The molecule has 2 nitrogen and oxygen atoms in total. The van der Waals surface area contributed by atoms with Crippen molar-refractivity contribution in [3.05, 3.63) is 0 Å². The van der Waals surface area contributed by atoms with E-state index in [4.69, 9.17) is 4.74 Å². The van der Waals surface area contributed by atoms with Gasteiger partial charge in [-0.2, -0.15) is 0 Å². The molecule has 0 unspecified atom stereocenters. The Labute approximate surface area is 133 Å². The lowest BCUT2D eigenvalue weighted by Gasteiger charge is -2.41. The Morgan fingerprint density at radius 1 is 1.00 bits per heavy atom. The highest BCUT2D eigenvalue weighted by Gasteiger charge is 2.34. The predicted octanol–water partition coefficient (Wildman–Crippen LogP) is 5.17. The first kappa shape index (κ1) is 19.0. The van der Waals surface area contributed by atoms with Crippen LogP contribution in [0.1, 0.15) is 85.0 Å². The van der Waals surface area contributed by atoms with E-state index in [0.717, 1.165) is 32.1 Å². The summed E-state index contributed by atoms with van der Waals surface area (Å²) in [5.74, 6) is 1.00. The monoisotopic (exact) mass is 297 g/mol. The summed E-state index contributed by atoms with van der Waals surface area (Å²) in [4.78, 5) is 0. The molecule has 0 aromatic carbocycles. The minimum Gasteiger partial charge on any atom is -0.381 e. The summed E-state index contributed by atoms with van der Waals surface area (Å²) < 4.78 is 5.78. The zero-order valence-electron chi connectivity index (χ0n) is 14.9. The van der Waals surface area contributed by atoms with E-state index in [1.54, 1.807) is 0 Å². The van der Waals surface area contributed by atoms with Crippen LogP contribution >= 0.6 is 0 Å². The Kier molecular flexibility index (Phi) is 10.4. The van der Waals surface area contributed by atoms with Crippen LogP contribution in [0.15, 0.2) is 0 Å². The number of unbranched alkanes of at least 4 members (excludes halogenated alkanes) is 1. The zero-order valence-corrected chi connectivity index (χ0v) is 14.9. The molecule has 1 aliphatic rings. The van der Waals surface area contributed by atoms with Crippen molar-refractivity contribution in [2.75, 3.05) is 26.3 Å². The van der Waals surface area contributed by atoms with Gasteiger partial charge in [0.2, 0.25) is 0 Å². The van der Waals surface area contributed by atoms with E-state index in [0.29, 0.717) is 5.41 Å². The van der Waals surface area contributed by atoms with Crippen LogP contribution in [0.5, 0.6) is 0 Å². The molecule has 0 atom stereocenters. The molecule has 0 aliphatic heterocycles. The third-order valence-electron chi connectivity index (χ3n) is 5.18.